The van der Waals surface area contributed by atoms with E-state index in [9.17, 15) is 37.5 Å². The van der Waals surface area contributed by atoms with Gasteiger partial charge in [0, 0.05) is 94.6 Å². The molecule has 1 aromatic carbocycles. The van der Waals surface area contributed by atoms with E-state index in [1.165, 1.54) is 24.0 Å². The summed E-state index contributed by atoms with van der Waals surface area (Å²) in [7, 11) is 1.44. The number of carbonyl (C=O) groups excluding carboxylic acids is 3. The minimum absolute atomic E-state index is 0.0169. The predicted molar refractivity (Wildman–Crippen MR) is 208 cm³/mol. The molecule has 16 nitrogen and oxygen atoms in total. The standard InChI is InChI=1S/C40H44F3N11O5/c1-24-17-27(47-37(57)36-46-20-32(50(36)2)29-21-53(49-35(29)40(41,42)43)33-6-5-30-31(48-33)7-10-45-30)3-4-28(24)39(59)52-13-11-51(12-14-52)38(58)26-8-15-54(16-9-26,23-34(55)56)22-25-18-44-19-25/h3-7,10,17,20-21,25-26,44H,8-9,11-16,18-19,22-23H2,1-2H3,(H2-,45,47,48,55,56,57,59)/p+1. The number of halogens is 3. The van der Waals surface area contributed by atoms with Crippen LogP contribution in [0, 0.1) is 18.8 Å². The topological polar surface area (TPSA) is 183 Å². The van der Waals surface area contributed by atoms with E-state index >= 15 is 0 Å². The van der Waals surface area contributed by atoms with Crippen molar-refractivity contribution in [2.75, 3.05) is 70.8 Å². The van der Waals surface area contributed by atoms with Gasteiger partial charge in [-0.3, -0.25) is 14.4 Å². The number of aromatic nitrogens is 6. The number of aryl methyl sites for hydroxylation is 1. The molecule has 4 N–H and O–H groups in total. The van der Waals surface area contributed by atoms with Crippen molar-refractivity contribution < 1.29 is 41.9 Å². The molecule has 59 heavy (non-hydrogen) atoms. The van der Waals surface area contributed by atoms with Gasteiger partial charge in [-0.1, -0.05) is 0 Å². The Kier molecular flexibility index (Phi) is 10.5. The molecule has 0 aliphatic carbocycles. The van der Waals surface area contributed by atoms with Gasteiger partial charge in [-0.05, 0) is 48.9 Å². The number of alkyl halides is 3. The number of anilines is 1. The van der Waals surface area contributed by atoms with Gasteiger partial charge in [-0.15, -0.1) is 0 Å². The van der Waals surface area contributed by atoms with Crippen LogP contribution in [0.1, 0.15) is 45.1 Å². The SMILES string of the molecule is Cc1cc(NC(=O)c2ncc(-c3cn(-c4ccc5[nH]ccc5n4)nc3C(F)(F)F)n2C)ccc1C(=O)N1CCN(C(=O)C2CC[N+](CC(=O)O)(CC3CNC3)CC2)CC1. The molecule has 0 bridgehead atoms. The van der Waals surface area contributed by atoms with E-state index in [0.717, 1.165) is 29.8 Å². The van der Waals surface area contributed by atoms with Gasteiger partial charge in [0.15, 0.2) is 23.9 Å². The maximum atomic E-state index is 14.2. The number of aliphatic carboxylic acids is 1. The summed E-state index contributed by atoms with van der Waals surface area (Å²) in [6, 6.07) is 9.77. The fourth-order valence-corrected chi connectivity index (χ4v) is 8.62. The largest absolute Gasteiger partial charge is 0.477 e. The Hall–Kier alpha value is -6.08. The molecule has 3 amide bonds. The number of hydrogen-bond donors (Lipinski definition) is 4. The number of H-pyrrole nitrogens is 1. The van der Waals surface area contributed by atoms with Gasteiger partial charge in [0.25, 0.3) is 11.8 Å². The summed E-state index contributed by atoms with van der Waals surface area (Å²) in [6.45, 7) is 7.28. The number of piperidine rings is 1. The highest BCUT2D eigenvalue weighted by Gasteiger charge is 2.42. The number of nitrogens with one attached hydrogen (secondary N) is 3. The number of fused-ring (bicyclic) bond motifs is 1. The summed E-state index contributed by atoms with van der Waals surface area (Å²) in [5, 5.41) is 19.4. The third-order valence-electron chi connectivity index (χ3n) is 11.9. The Balaban J connectivity index is 0.883. The minimum atomic E-state index is -4.81. The smallest absolute Gasteiger partial charge is 0.435 e. The van der Waals surface area contributed by atoms with E-state index in [1.54, 1.807) is 54.4 Å². The van der Waals surface area contributed by atoms with Crippen LogP contribution >= 0.6 is 0 Å². The van der Waals surface area contributed by atoms with Crippen LogP contribution in [0.5, 0.6) is 0 Å². The van der Waals surface area contributed by atoms with E-state index in [-0.39, 0.29) is 47.2 Å². The first-order valence-corrected chi connectivity index (χ1v) is 19.6. The Bertz CT molecular complexity index is 2420. The summed E-state index contributed by atoms with van der Waals surface area (Å²) < 4.78 is 45.5. The number of benzene rings is 1. The Morgan fingerprint density at radius 2 is 1.73 bits per heavy atom. The minimum Gasteiger partial charge on any atom is -0.477 e. The second-order valence-electron chi connectivity index (χ2n) is 15.9. The highest BCUT2D eigenvalue weighted by atomic mass is 19.4. The number of imidazole rings is 1. The van der Waals surface area contributed by atoms with Gasteiger partial charge in [-0.25, -0.2) is 19.4 Å². The molecule has 0 saturated carbocycles. The van der Waals surface area contributed by atoms with Crippen LogP contribution in [-0.2, 0) is 22.8 Å². The monoisotopic (exact) mass is 816 g/mol. The molecule has 3 fully saturated rings. The molecule has 7 heterocycles. The lowest BCUT2D eigenvalue weighted by Gasteiger charge is -2.46. The molecule has 0 radical (unpaired) electrons. The maximum Gasteiger partial charge on any atom is 0.435 e. The van der Waals surface area contributed by atoms with Crippen molar-refractivity contribution in [2.45, 2.75) is 25.9 Å². The Morgan fingerprint density at radius 3 is 2.39 bits per heavy atom. The lowest BCUT2D eigenvalue weighted by molar-refractivity contribution is -0.929. The van der Waals surface area contributed by atoms with Gasteiger partial charge in [0.05, 0.1) is 48.1 Å². The molecule has 5 aromatic rings. The van der Waals surface area contributed by atoms with Gasteiger partial charge in [-0.2, -0.15) is 18.3 Å². The number of aromatic amines is 1. The number of carboxylic acid groups (broad SMARTS) is 1. The molecule has 0 spiro atoms. The molecule has 19 heteroatoms. The van der Waals surface area contributed by atoms with Crippen LogP contribution in [0.4, 0.5) is 18.9 Å². The molecule has 4 aromatic heterocycles. The molecule has 310 valence electrons. The number of quaternary nitrogens is 1. The predicted octanol–water partition coefficient (Wildman–Crippen LogP) is 3.54. The molecule has 3 saturated heterocycles. The molecular weight excluding hydrogens is 772 g/mol. The zero-order valence-electron chi connectivity index (χ0n) is 32.6. The van der Waals surface area contributed by atoms with Crippen molar-refractivity contribution in [3.05, 3.63) is 77.6 Å². The third-order valence-corrected chi connectivity index (χ3v) is 11.9. The van der Waals surface area contributed by atoms with E-state index in [2.05, 4.69) is 30.7 Å². The first-order chi connectivity index (χ1) is 28.2. The second-order valence-corrected chi connectivity index (χ2v) is 15.9. The number of likely N-dealkylation sites (tertiary alicyclic amines) is 1. The summed E-state index contributed by atoms with van der Waals surface area (Å²) in [6.07, 6.45) is 0.541. The first kappa shape index (κ1) is 39.7. The van der Waals surface area contributed by atoms with E-state index in [0.29, 0.717) is 84.8 Å². The van der Waals surface area contributed by atoms with Gasteiger partial charge < -0.3 is 39.6 Å². The fourth-order valence-electron chi connectivity index (χ4n) is 8.62. The first-order valence-electron chi connectivity index (χ1n) is 19.6. The highest BCUT2D eigenvalue weighted by molar-refractivity contribution is 6.03. The lowest BCUT2D eigenvalue weighted by Crippen LogP contribution is -2.62. The molecule has 3 aliphatic heterocycles. The number of carbonyl (C=O) groups is 4. The van der Waals surface area contributed by atoms with Gasteiger partial charge in [0.1, 0.15) is 0 Å². The van der Waals surface area contributed by atoms with Crippen LogP contribution in [0.15, 0.2) is 55.0 Å². The van der Waals surface area contributed by atoms with E-state index in [1.807, 2.05) is 4.90 Å². The molecule has 0 unspecified atom stereocenters. The van der Waals surface area contributed by atoms with Crippen molar-refractivity contribution in [3.8, 4) is 17.1 Å². The normalized spacial score (nSPS) is 20.1. The maximum absolute atomic E-state index is 14.2. The van der Waals surface area contributed by atoms with Crippen LogP contribution in [-0.4, -0.2) is 138 Å². The van der Waals surface area contributed by atoms with Crippen LogP contribution in [0.3, 0.4) is 0 Å². The number of pyridine rings is 1. The number of carboxylic acids is 1. The number of amides is 3. The van der Waals surface area contributed by atoms with E-state index < -0.39 is 23.7 Å². The van der Waals surface area contributed by atoms with Gasteiger partial charge >= 0.3 is 12.1 Å². The number of nitrogens with zero attached hydrogens (tertiary/aromatic N) is 8. The lowest BCUT2D eigenvalue weighted by atomic mass is 9.90. The second kappa shape index (κ2) is 15.6. The van der Waals surface area contributed by atoms with Crippen LogP contribution in [0.2, 0.25) is 0 Å². The van der Waals surface area contributed by atoms with Gasteiger partial charge in [0.2, 0.25) is 5.91 Å². The summed E-state index contributed by atoms with van der Waals surface area (Å²) >= 11 is 0. The fraction of sp³-hybridized carbons (Fsp3) is 0.425. The number of piperazine rings is 1. The highest BCUT2D eigenvalue weighted by Crippen LogP contribution is 2.37. The average Bonchev–Trinajstić information content (AvgIpc) is 3.94. The van der Waals surface area contributed by atoms with Crippen molar-refractivity contribution >= 4 is 40.4 Å². The van der Waals surface area contributed by atoms with Crippen molar-refractivity contribution in [1.82, 2.24) is 44.4 Å². The number of rotatable bonds is 10. The van der Waals surface area contributed by atoms with Crippen LogP contribution < -0.4 is 10.6 Å². The average molecular weight is 817 g/mol. The Morgan fingerprint density at radius 1 is 1.00 bits per heavy atom. The summed E-state index contributed by atoms with van der Waals surface area (Å²) in [5.41, 5.74) is 1.25. The number of hydrogen-bond acceptors (Lipinski definition) is 8. The molecule has 8 rings (SSSR count). The zero-order valence-corrected chi connectivity index (χ0v) is 32.6. The molecular formula is C40H45F3N11O5+. The quantitative estimate of drug-likeness (QED) is 0.153. The van der Waals surface area contributed by atoms with Crippen molar-refractivity contribution in [2.24, 2.45) is 18.9 Å². The molecule has 0 atom stereocenters. The molecule has 3 aliphatic rings. The summed E-state index contributed by atoms with van der Waals surface area (Å²) in [4.78, 5) is 67.3. The zero-order chi connectivity index (χ0) is 41.6. The van der Waals surface area contributed by atoms with E-state index in [4.69, 9.17) is 0 Å². The Labute approximate surface area is 336 Å². The van der Waals surface area contributed by atoms with Crippen molar-refractivity contribution in [3.63, 3.8) is 0 Å². The van der Waals surface area contributed by atoms with Crippen LogP contribution in [0.25, 0.3) is 28.1 Å². The van der Waals surface area contributed by atoms with Crippen molar-refractivity contribution in [1.29, 1.82) is 0 Å². The third kappa shape index (κ3) is 8.03. The summed E-state index contributed by atoms with van der Waals surface area (Å²) in [5.74, 6) is -1.29.